The molecule has 2 heterocycles. The molecular formula is C13H21N2O4PS. The minimum absolute atomic E-state index is 0.209. The second kappa shape index (κ2) is 6.18. The normalized spacial score (nSPS) is 29.7. The van der Waals surface area contributed by atoms with Crippen molar-refractivity contribution in [2.24, 2.45) is 0 Å². The summed E-state index contributed by atoms with van der Waals surface area (Å²) in [5.74, 6) is 0. The molecule has 0 bridgehead atoms. The summed E-state index contributed by atoms with van der Waals surface area (Å²) in [5, 5.41) is 20.3. The van der Waals surface area contributed by atoms with Crippen molar-refractivity contribution < 1.29 is 14.9 Å². The highest BCUT2D eigenvalue weighted by molar-refractivity contribution is 7.72. The Morgan fingerprint density at radius 3 is 2.67 bits per heavy atom. The predicted octanol–water partition coefficient (Wildman–Crippen LogP) is 0.693. The van der Waals surface area contributed by atoms with Gasteiger partial charge in [0.1, 0.15) is 23.0 Å². The number of aliphatic hydroxyl groups excluding tert-OH is 2. The van der Waals surface area contributed by atoms with E-state index >= 15 is 0 Å². The summed E-state index contributed by atoms with van der Waals surface area (Å²) in [5.41, 5.74) is 0.0549. The molecule has 21 heavy (non-hydrogen) atoms. The largest absolute Gasteiger partial charge is 0.388 e. The molecule has 8 heteroatoms. The van der Waals surface area contributed by atoms with Gasteiger partial charge in [0.15, 0.2) is 0 Å². The smallest absolute Gasteiger partial charge is 0.323 e. The average molecular weight is 332 g/mol. The van der Waals surface area contributed by atoms with E-state index in [-0.39, 0.29) is 4.64 Å². The Labute approximate surface area is 128 Å². The Morgan fingerprint density at radius 1 is 1.43 bits per heavy atom. The fourth-order valence-corrected chi connectivity index (χ4v) is 3.57. The summed E-state index contributed by atoms with van der Waals surface area (Å²) in [6.45, 7) is 3.00. The quantitative estimate of drug-likeness (QED) is 0.480. The van der Waals surface area contributed by atoms with Crippen LogP contribution in [-0.4, -0.2) is 64.3 Å². The third kappa shape index (κ3) is 3.93. The van der Waals surface area contributed by atoms with Crippen LogP contribution in [0.1, 0.15) is 18.1 Å². The van der Waals surface area contributed by atoms with Gasteiger partial charge in [-0.1, -0.05) is 12.2 Å². The van der Waals surface area contributed by atoms with Crippen molar-refractivity contribution >= 4 is 25.4 Å². The molecule has 1 aliphatic rings. The van der Waals surface area contributed by atoms with Gasteiger partial charge in [-0.2, -0.15) is 0 Å². The second-order valence-corrected chi connectivity index (χ2v) is 10.8. The highest BCUT2D eigenvalue weighted by Gasteiger charge is 2.43. The van der Waals surface area contributed by atoms with E-state index < -0.39 is 37.0 Å². The molecule has 1 saturated heterocycles. The van der Waals surface area contributed by atoms with Gasteiger partial charge in [-0.15, -0.1) is 13.2 Å². The number of aliphatic hydroxyl groups is 2. The van der Waals surface area contributed by atoms with Gasteiger partial charge in [0.05, 0.1) is 6.10 Å². The van der Waals surface area contributed by atoms with E-state index in [2.05, 4.69) is 29.6 Å². The van der Waals surface area contributed by atoms with Crippen molar-refractivity contribution in [3.8, 4) is 0 Å². The number of ether oxygens (including phenoxy) is 1. The minimum Gasteiger partial charge on any atom is -0.388 e. The van der Waals surface area contributed by atoms with Gasteiger partial charge in [-0.25, -0.2) is 4.79 Å². The molecule has 0 amide bonds. The Morgan fingerprint density at radius 2 is 2.10 bits per heavy atom. The fraction of sp³-hybridized carbons (Fsp3) is 0.615. The zero-order chi connectivity index (χ0) is 15.8. The first-order valence-corrected chi connectivity index (χ1v) is 10.2. The summed E-state index contributed by atoms with van der Waals surface area (Å²) < 4.78 is 5.98. The molecule has 1 fully saturated rings. The molecule has 4 N–H and O–H groups in total. The molecule has 118 valence electrons. The topological polar surface area (TPSA) is 98.3 Å². The van der Waals surface area contributed by atoms with E-state index in [1.54, 1.807) is 0 Å². The zero-order valence-corrected chi connectivity index (χ0v) is 13.8. The first-order chi connectivity index (χ1) is 9.69. The minimum atomic E-state index is -1.22. The molecule has 0 aliphatic carbocycles. The summed E-state index contributed by atoms with van der Waals surface area (Å²) in [6.07, 6.45) is 3.82. The van der Waals surface area contributed by atoms with Gasteiger partial charge in [0.2, 0.25) is 0 Å². The van der Waals surface area contributed by atoms with Crippen LogP contribution in [0.5, 0.6) is 0 Å². The molecule has 1 aromatic rings. The highest BCUT2D eigenvalue weighted by Crippen LogP contribution is 2.40. The van der Waals surface area contributed by atoms with Crippen LogP contribution in [0.15, 0.2) is 11.0 Å². The Balaban J connectivity index is 2.18. The van der Waals surface area contributed by atoms with Crippen LogP contribution in [0, 0.1) is 4.64 Å². The SMILES string of the molecule is C=P(C)(C)CC[C@H]1OC(c2c[nH]c(=O)[nH]c2=S)[C@H](O)[C@@H]1O. The number of aromatic amines is 2. The van der Waals surface area contributed by atoms with E-state index in [9.17, 15) is 15.0 Å². The summed E-state index contributed by atoms with van der Waals surface area (Å²) in [4.78, 5) is 16.1. The molecule has 6 nitrogen and oxygen atoms in total. The van der Waals surface area contributed by atoms with Gasteiger partial charge in [-0.3, -0.25) is 4.98 Å². The fourth-order valence-electron chi connectivity index (χ4n) is 2.35. The van der Waals surface area contributed by atoms with Gasteiger partial charge >= 0.3 is 5.69 Å². The van der Waals surface area contributed by atoms with E-state index in [0.29, 0.717) is 12.0 Å². The molecule has 0 spiro atoms. The van der Waals surface area contributed by atoms with Crippen LogP contribution < -0.4 is 5.69 Å². The molecular weight excluding hydrogens is 311 g/mol. The van der Waals surface area contributed by atoms with Crippen LogP contribution in [-0.2, 0) is 4.74 Å². The molecule has 1 aliphatic heterocycles. The van der Waals surface area contributed by atoms with Crippen LogP contribution in [0.25, 0.3) is 0 Å². The lowest BCUT2D eigenvalue weighted by atomic mass is 10.0. The third-order valence-corrected chi connectivity index (χ3v) is 5.34. The van der Waals surface area contributed by atoms with Crippen molar-refractivity contribution in [1.29, 1.82) is 0 Å². The van der Waals surface area contributed by atoms with Crippen molar-refractivity contribution in [2.75, 3.05) is 19.5 Å². The molecule has 4 atom stereocenters. The van der Waals surface area contributed by atoms with Gasteiger partial charge in [0.25, 0.3) is 0 Å². The summed E-state index contributed by atoms with van der Waals surface area (Å²) in [6, 6.07) is 0. The monoisotopic (exact) mass is 332 g/mol. The number of hydrogen-bond donors (Lipinski definition) is 4. The molecule has 0 aromatic carbocycles. The van der Waals surface area contributed by atoms with E-state index in [4.69, 9.17) is 17.0 Å². The molecule has 1 unspecified atom stereocenters. The number of nitrogens with one attached hydrogen (secondary N) is 2. The maximum atomic E-state index is 11.1. The van der Waals surface area contributed by atoms with Crippen molar-refractivity contribution in [3.63, 3.8) is 0 Å². The lowest BCUT2D eigenvalue weighted by molar-refractivity contribution is 0.00544. The maximum Gasteiger partial charge on any atom is 0.323 e. The van der Waals surface area contributed by atoms with Crippen LogP contribution in [0.3, 0.4) is 0 Å². The van der Waals surface area contributed by atoms with E-state index in [1.165, 1.54) is 6.20 Å². The first-order valence-electron chi connectivity index (χ1n) is 6.70. The highest BCUT2D eigenvalue weighted by atomic mass is 32.1. The Hall–Kier alpha value is -0.720. The Kier molecular flexibility index (Phi) is 4.90. The first kappa shape index (κ1) is 16.6. The number of H-pyrrole nitrogens is 2. The zero-order valence-electron chi connectivity index (χ0n) is 12.1. The number of rotatable bonds is 4. The van der Waals surface area contributed by atoms with Gasteiger partial charge in [-0.05, 0) is 25.9 Å². The molecule has 2 rings (SSSR count). The molecule has 0 radical (unpaired) electrons. The third-order valence-electron chi connectivity index (χ3n) is 3.54. The number of aromatic nitrogens is 2. The van der Waals surface area contributed by atoms with Gasteiger partial charge in [0, 0.05) is 11.8 Å². The predicted molar refractivity (Wildman–Crippen MR) is 87.2 cm³/mol. The average Bonchev–Trinajstić information content (AvgIpc) is 2.64. The number of hydrogen-bond acceptors (Lipinski definition) is 5. The van der Waals surface area contributed by atoms with Crippen molar-refractivity contribution in [3.05, 3.63) is 26.9 Å². The lowest BCUT2D eigenvalue weighted by Gasteiger charge is -2.18. The molecule has 0 saturated carbocycles. The Bertz CT molecular complexity index is 665. The maximum absolute atomic E-state index is 11.1. The standard InChI is InChI=1S/C13H21N2O4PS/c1-20(2,3)5-4-8-9(16)10(17)11(19-8)7-6-14-13(18)15-12(7)21/h6,8-11,16-17H,1,4-5H2,2-3H3,(H2,14,15,18,21)/t8-,9-,10-,11?/m1/s1. The van der Waals surface area contributed by atoms with Crippen LogP contribution in [0.2, 0.25) is 0 Å². The van der Waals surface area contributed by atoms with Crippen molar-refractivity contribution in [2.45, 2.75) is 30.8 Å². The summed E-state index contributed by atoms with van der Waals surface area (Å²) in [7, 11) is 0. The van der Waals surface area contributed by atoms with Crippen LogP contribution >= 0.6 is 19.1 Å². The second-order valence-electron chi connectivity index (χ2n) is 6.05. The lowest BCUT2D eigenvalue weighted by Crippen LogP contribution is -2.31. The molecule has 1 aromatic heterocycles. The van der Waals surface area contributed by atoms with Crippen molar-refractivity contribution in [1.82, 2.24) is 9.97 Å². The van der Waals surface area contributed by atoms with E-state index in [1.807, 2.05) is 0 Å². The summed E-state index contributed by atoms with van der Waals surface area (Å²) >= 11 is 5.08. The van der Waals surface area contributed by atoms with Crippen LogP contribution in [0.4, 0.5) is 0 Å². The van der Waals surface area contributed by atoms with Gasteiger partial charge < -0.3 is 19.9 Å². The van der Waals surface area contributed by atoms with E-state index in [0.717, 1.165) is 6.16 Å².